The zero-order valence-corrected chi connectivity index (χ0v) is 17.8. The van der Waals surface area contributed by atoms with E-state index in [0.717, 1.165) is 30.0 Å². The second-order valence-electron chi connectivity index (χ2n) is 7.48. The van der Waals surface area contributed by atoms with Gasteiger partial charge in [0, 0.05) is 31.5 Å². The minimum absolute atomic E-state index is 0.146. The van der Waals surface area contributed by atoms with Crippen LogP contribution < -0.4 is 10.1 Å². The molecule has 158 valence electrons. The predicted molar refractivity (Wildman–Crippen MR) is 118 cm³/mol. The van der Waals surface area contributed by atoms with Gasteiger partial charge in [-0.15, -0.1) is 0 Å². The van der Waals surface area contributed by atoms with Crippen molar-refractivity contribution in [3.63, 3.8) is 0 Å². The number of amides is 1. The van der Waals surface area contributed by atoms with E-state index in [1.807, 2.05) is 54.6 Å². The van der Waals surface area contributed by atoms with Gasteiger partial charge in [-0.3, -0.25) is 4.79 Å². The molecule has 1 N–H and O–H groups in total. The van der Waals surface area contributed by atoms with Gasteiger partial charge in [0.05, 0.1) is 18.4 Å². The normalized spacial score (nSPS) is 10.9. The van der Waals surface area contributed by atoms with Crippen LogP contribution in [0.5, 0.6) is 5.75 Å². The standard InChI is InChI=1S/C24H29N3O3/c1-18(2)17-30-15-7-14-25-24(28)22-16-27(20-8-5-4-6-9-20)26-23(22)19-10-12-21(29-3)13-11-19/h4-6,8-13,16,18H,7,14-15,17H2,1-3H3,(H,25,28). The summed E-state index contributed by atoms with van der Waals surface area (Å²) in [6.45, 7) is 6.15. The molecule has 3 rings (SSSR count). The largest absolute Gasteiger partial charge is 0.497 e. The van der Waals surface area contributed by atoms with Crippen molar-refractivity contribution < 1.29 is 14.3 Å². The first-order chi connectivity index (χ1) is 14.6. The van der Waals surface area contributed by atoms with E-state index in [1.165, 1.54) is 0 Å². The number of hydrogen-bond acceptors (Lipinski definition) is 4. The van der Waals surface area contributed by atoms with Crippen molar-refractivity contribution in [2.24, 2.45) is 5.92 Å². The number of methoxy groups -OCH3 is 1. The number of nitrogens with one attached hydrogen (secondary N) is 1. The summed E-state index contributed by atoms with van der Waals surface area (Å²) >= 11 is 0. The number of carbonyl (C=O) groups is 1. The molecule has 1 aromatic heterocycles. The Balaban J connectivity index is 1.77. The minimum atomic E-state index is -0.146. The van der Waals surface area contributed by atoms with E-state index in [-0.39, 0.29) is 5.91 Å². The predicted octanol–water partition coefficient (Wildman–Crippen LogP) is 4.34. The summed E-state index contributed by atoms with van der Waals surface area (Å²) < 4.78 is 12.6. The second kappa shape index (κ2) is 10.6. The topological polar surface area (TPSA) is 65.4 Å². The molecule has 0 aliphatic rings. The highest BCUT2D eigenvalue weighted by Crippen LogP contribution is 2.25. The maximum absolute atomic E-state index is 12.9. The molecule has 6 nitrogen and oxygen atoms in total. The van der Waals surface area contributed by atoms with Gasteiger partial charge in [0.15, 0.2) is 0 Å². The molecule has 0 unspecified atom stereocenters. The van der Waals surface area contributed by atoms with E-state index >= 15 is 0 Å². The Labute approximate surface area is 177 Å². The Morgan fingerprint density at radius 1 is 1.10 bits per heavy atom. The highest BCUT2D eigenvalue weighted by Gasteiger charge is 2.18. The Bertz CT molecular complexity index is 934. The summed E-state index contributed by atoms with van der Waals surface area (Å²) in [6.07, 6.45) is 2.54. The van der Waals surface area contributed by atoms with Crippen LogP contribution in [-0.2, 0) is 4.74 Å². The molecule has 0 aliphatic heterocycles. The number of benzene rings is 2. The lowest BCUT2D eigenvalue weighted by Crippen LogP contribution is -2.25. The van der Waals surface area contributed by atoms with Crippen LogP contribution in [-0.4, -0.2) is 42.6 Å². The van der Waals surface area contributed by atoms with E-state index in [1.54, 1.807) is 18.0 Å². The first kappa shape index (κ1) is 21.6. The SMILES string of the molecule is COc1ccc(-c2nn(-c3ccccc3)cc2C(=O)NCCCOCC(C)C)cc1. The number of nitrogens with zero attached hydrogens (tertiary/aromatic N) is 2. The van der Waals surface area contributed by atoms with Crippen LogP contribution in [0.15, 0.2) is 60.8 Å². The van der Waals surface area contributed by atoms with Gasteiger partial charge < -0.3 is 14.8 Å². The van der Waals surface area contributed by atoms with Crippen molar-refractivity contribution in [1.82, 2.24) is 15.1 Å². The molecule has 30 heavy (non-hydrogen) atoms. The van der Waals surface area contributed by atoms with Gasteiger partial charge in [0.1, 0.15) is 11.4 Å². The third kappa shape index (κ3) is 5.70. The van der Waals surface area contributed by atoms with Crippen LogP contribution in [0.2, 0.25) is 0 Å². The van der Waals surface area contributed by atoms with E-state index in [0.29, 0.717) is 30.3 Å². The molecule has 3 aromatic rings. The molecule has 0 atom stereocenters. The van der Waals surface area contributed by atoms with Gasteiger partial charge in [0.2, 0.25) is 0 Å². The third-order valence-corrected chi connectivity index (χ3v) is 4.55. The molecule has 0 aliphatic carbocycles. The lowest BCUT2D eigenvalue weighted by Gasteiger charge is -2.08. The van der Waals surface area contributed by atoms with Crippen molar-refractivity contribution in [2.75, 3.05) is 26.9 Å². The van der Waals surface area contributed by atoms with Crippen molar-refractivity contribution in [3.8, 4) is 22.7 Å². The van der Waals surface area contributed by atoms with E-state index in [9.17, 15) is 4.79 Å². The molecule has 0 spiro atoms. The van der Waals surface area contributed by atoms with Crippen LogP contribution in [0.3, 0.4) is 0 Å². The lowest BCUT2D eigenvalue weighted by molar-refractivity contribution is 0.0925. The maximum Gasteiger partial charge on any atom is 0.255 e. The van der Waals surface area contributed by atoms with Crippen molar-refractivity contribution >= 4 is 5.91 Å². The summed E-state index contributed by atoms with van der Waals surface area (Å²) in [5, 5.41) is 7.68. The van der Waals surface area contributed by atoms with Gasteiger partial charge in [-0.1, -0.05) is 32.0 Å². The fraction of sp³-hybridized carbons (Fsp3) is 0.333. The highest BCUT2D eigenvalue weighted by atomic mass is 16.5. The molecule has 0 saturated heterocycles. The maximum atomic E-state index is 12.9. The van der Waals surface area contributed by atoms with E-state index in [2.05, 4.69) is 19.2 Å². The zero-order valence-electron chi connectivity index (χ0n) is 17.8. The van der Waals surface area contributed by atoms with E-state index < -0.39 is 0 Å². The summed E-state index contributed by atoms with van der Waals surface area (Å²) in [5.41, 5.74) is 2.92. The average molecular weight is 408 g/mol. The Hall–Kier alpha value is -3.12. The molecule has 2 aromatic carbocycles. The van der Waals surface area contributed by atoms with Crippen LogP contribution in [0.25, 0.3) is 16.9 Å². The first-order valence-electron chi connectivity index (χ1n) is 10.2. The molecular weight excluding hydrogens is 378 g/mol. The van der Waals surface area contributed by atoms with Crippen LogP contribution in [0, 0.1) is 5.92 Å². The van der Waals surface area contributed by atoms with Gasteiger partial charge >= 0.3 is 0 Å². The number of hydrogen-bond donors (Lipinski definition) is 1. The molecule has 0 radical (unpaired) electrons. The Kier molecular flexibility index (Phi) is 7.63. The zero-order chi connectivity index (χ0) is 21.3. The molecule has 0 fully saturated rings. The number of carbonyl (C=O) groups excluding carboxylic acids is 1. The van der Waals surface area contributed by atoms with Crippen molar-refractivity contribution in [1.29, 1.82) is 0 Å². The highest BCUT2D eigenvalue weighted by molar-refractivity contribution is 5.99. The Morgan fingerprint density at radius 3 is 2.50 bits per heavy atom. The fourth-order valence-corrected chi connectivity index (χ4v) is 3.01. The van der Waals surface area contributed by atoms with Gasteiger partial charge in [-0.25, -0.2) is 4.68 Å². The lowest BCUT2D eigenvalue weighted by atomic mass is 10.1. The summed E-state index contributed by atoms with van der Waals surface area (Å²) in [4.78, 5) is 12.9. The van der Waals surface area contributed by atoms with Crippen molar-refractivity contribution in [3.05, 3.63) is 66.4 Å². The number of para-hydroxylation sites is 1. The van der Waals surface area contributed by atoms with Crippen LogP contribution in [0.1, 0.15) is 30.6 Å². The Morgan fingerprint density at radius 2 is 1.83 bits per heavy atom. The summed E-state index contributed by atoms with van der Waals surface area (Å²) in [6, 6.07) is 17.3. The second-order valence-corrected chi connectivity index (χ2v) is 7.48. The van der Waals surface area contributed by atoms with E-state index in [4.69, 9.17) is 14.6 Å². The van der Waals surface area contributed by atoms with Crippen molar-refractivity contribution in [2.45, 2.75) is 20.3 Å². The van der Waals surface area contributed by atoms with Gasteiger partial charge in [-0.2, -0.15) is 5.10 Å². The summed E-state index contributed by atoms with van der Waals surface area (Å²) in [7, 11) is 1.63. The smallest absolute Gasteiger partial charge is 0.255 e. The molecular formula is C24H29N3O3. The molecule has 1 amide bonds. The number of rotatable bonds is 10. The van der Waals surface area contributed by atoms with Gasteiger partial charge in [-0.05, 0) is 48.7 Å². The minimum Gasteiger partial charge on any atom is -0.497 e. The number of ether oxygens (including phenoxy) is 2. The quantitative estimate of drug-likeness (QED) is 0.508. The van der Waals surface area contributed by atoms with Crippen LogP contribution >= 0.6 is 0 Å². The molecule has 6 heteroatoms. The average Bonchev–Trinajstić information content (AvgIpc) is 3.22. The molecule has 0 saturated carbocycles. The molecule has 1 heterocycles. The fourth-order valence-electron chi connectivity index (χ4n) is 3.01. The molecule has 0 bridgehead atoms. The monoisotopic (exact) mass is 407 g/mol. The first-order valence-corrected chi connectivity index (χ1v) is 10.2. The van der Waals surface area contributed by atoms with Gasteiger partial charge in [0.25, 0.3) is 5.91 Å². The third-order valence-electron chi connectivity index (χ3n) is 4.55. The summed E-state index contributed by atoms with van der Waals surface area (Å²) in [5.74, 6) is 1.12. The van der Waals surface area contributed by atoms with Crippen LogP contribution in [0.4, 0.5) is 0 Å². The number of aromatic nitrogens is 2.